The Labute approximate surface area is 105 Å². The molecule has 1 fully saturated rings. The van der Waals surface area contributed by atoms with Crippen LogP contribution in [-0.4, -0.2) is 22.1 Å². The van der Waals surface area contributed by atoms with E-state index < -0.39 is 0 Å². The molecule has 0 radical (unpaired) electrons. The van der Waals surface area contributed by atoms with E-state index in [0.29, 0.717) is 6.04 Å². The molecule has 1 aliphatic rings. The summed E-state index contributed by atoms with van der Waals surface area (Å²) in [6.45, 7) is 6.43. The van der Waals surface area contributed by atoms with Crippen molar-refractivity contribution >= 4 is 0 Å². The second-order valence-electron chi connectivity index (χ2n) is 5.19. The molecular formula is C14H25N3. The van der Waals surface area contributed by atoms with Crippen LogP contribution < -0.4 is 5.32 Å². The molecule has 2 rings (SSSR count). The molecule has 96 valence electrons. The molecule has 1 unspecified atom stereocenters. The lowest BCUT2D eigenvalue weighted by Gasteiger charge is -2.31. The highest BCUT2D eigenvalue weighted by atomic mass is 15.1. The number of rotatable bonds is 5. The van der Waals surface area contributed by atoms with E-state index in [1.165, 1.54) is 32.1 Å². The monoisotopic (exact) mass is 235 g/mol. The van der Waals surface area contributed by atoms with Crippen LogP contribution in [0.2, 0.25) is 0 Å². The largest absolute Gasteiger partial charge is 0.334 e. The molecule has 0 bridgehead atoms. The maximum atomic E-state index is 4.31. The molecule has 3 heteroatoms. The highest BCUT2D eigenvalue weighted by Crippen LogP contribution is 2.27. The summed E-state index contributed by atoms with van der Waals surface area (Å²) in [7, 11) is 0. The number of hydrogen-bond acceptors (Lipinski definition) is 2. The van der Waals surface area contributed by atoms with Crippen LogP contribution >= 0.6 is 0 Å². The molecule has 1 aliphatic carbocycles. The standard InChI is InChI=1S/C14H25N3/c1-3-15-14(13-7-5-4-6-8-13)11-17-10-9-16-12(17)2/h9-10,13-15H,3-8,11H2,1-2H3. The van der Waals surface area contributed by atoms with Gasteiger partial charge in [-0.25, -0.2) is 4.98 Å². The zero-order valence-corrected chi connectivity index (χ0v) is 11.2. The van der Waals surface area contributed by atoms with Gasteiger partial charge in [0.1, 0.15) is 5.82 Å². The van der Waals surface area contributed by atoms with Gasteiger partial charge in [0, 0.05) is 25.0 Å². The van der Waals surface area contributed by atoms with Crippen molar-refractivity contribution < 1.29 is 0 Å². The van der Waals surface area contributed by atoms with Crippen molar-refractivity contribution in [3.05, 3.63) is 18.2 Å². The number of nitrogens with zero attached hydrogens (tertiary/aromatic N) is 2. The Morgan fingerprint density at radius 3 is 2.76 bits per heavy atom. The fourth-order valence-electron chi connectivity index (χ4n) is 2.99. The second kappa shape index (κ2) is 6.20. The zero-order valence-electron chi connectivity index (χ0n) is 11.2. The molecule has 1 heterocycles. The first-order valence-electron chi connectivity index (χ1n) is 7.02. The van der Waals surface area contributed by atoms with E-state index in [1.807, 2.05) is 6.20 Å². The maximum absolute atomic E-state index is 4.31. The van der Waals surface area contributed by atoms with Crippen LogP contribution in [0, 0.1) is 12.8 Å². The molecule has 1 saturated carbocycles. The summed E-state index contributed by atoms with van der Waals surface area (Å²) in [6, 6.07) is 0.619. The van der Waals surface area contributed by atoms with E-state index in [0.717, 1.165) is 24.8 Å². The van der Waals surface area contributed by atoms with Crippen LogP contribution in [0.25, 0.3) is 0 Å². The van der Waals surface area contributed by atoms with Crippen molar-refractivity contribution in [1.29, 1.82) is 0 Å². The smallest absolute Gasteiger partial charge is 0.105 e. The summed E-state index contributed by atoms with van der Waals surface area (Å²) in [6.07, 6.45) is 11.0. The van der Waals surface area contributed by atoms with Crippen molar-refractivity contribution in [1.82, 2.24) is 14.9 Å². The van der Waals surface area contributed by atoms with E-state index in [9.17, 15) is 0 Å². The average molecular weight is 235 g/mol. The van der Waals surface area contributed by atoms with Gasteiger partial charge in [-0.3, -0.25) is 0 Å². The van der Waals surface area contributed by atoms with Gasteiger partial charge in [-0.1, -0.05) is 26.2 Å². The van der Waals surface area contributed by atoms with Crippen molar-refractivity contribution in [2.24, 2.45) is 5.92 Å². The third-order valence-electron chi connectivity index (χ3n) is 4.00. The third kappa shape index (κ3) is 3.32. The number of likely N-dealkylation sites (N-methyl/N-ethyl adjacent to an activating group) is 1. The van der Waals surface area contributed by atoms with Crippen LogP contribution in [0.3, 0.4) is 0 Å². The average Bonchev–Trinajstić information content (AvgIpc) is 2.76. The first kappa shape index (κ1) is 12.6. The molecule has 1 atom stereocenters. The Hall–Kier alpha value is -0.830. The number of hydrogen-bond donors (Lipinski definition) is 1. The minimum absolute atomic E-state index is 0.619. The lowest BCUT2D eigenvalue weighted by molar-refractivity contribution is 0.249. The topological polar surface area (TPSA) is 29.9 Å². The second-order valence-corrected chi connectivity index (χ2v) is 5.19. The SMILES string of the molecule is CCNC(Cn1ccnc1C)C1CCCCC1. The molecule has 3 nitrogen and oxygen atoms in total. The Morgan fingerprint density at radius 1 is 1.41 bits per heavy atom. The van der Waals surface area contributed by atoms with Gasteiger partial charge in [-0.05, 0) is 32.2 Å². The molecule has 0 amide bonds. The van der Waals surface area contributed by atoms with Gasteiger partial charge >= 0.3 is 0 Å². The normalized spacial score (nSPS) is 19.4. The van der Waals surface area contributed by atoms with Crippen molar-refractivity contribution in [3.63, 3.8) is 0 Å². The highest BCUT2D eigenvalue weighted by molar-refractivity contribution is 4.91. The van der Waals surface area contributed by atoms with Gasteiger partial charge in [-0.15, -0.1) is 0 Å². The van der Waals surface area contributed by atoms with Gasteiger partial charge in [0.15, 0.2) is 0 Å². The van der Waals surface area contributed by atoms with Gasteiger partial charge in [0.25, 0.3) is 0 Å². The van der Waals surface area contributed by atoms with Gasteiger partial charge in [-0.2, -0.15) is 0 Å². The van der Waals surface area contributed by atoms with Crippen molar-refractivity contribution in [3.8, 4) is 0 Å². The first-order valence-corrected chi connectivity index (χ1v) is 7.02. The van der Waals surface area contributed by atoms with Gasteiger partial charge in [0.05, 0.1) is 0 Å². The molecule has 1 N–H and O–H groups in total. The van der Waals surface area contributed by atoms with Crippen LogP contribution in [0.4, 0.5) is 0 Å². The lowest BCUT2D eigenvalue weighted by atomic mass is 9.83. The Bertz CT molecular complexity index is 326. The summed E-state index contributed by atoms with van der Waals surface area (Å²) < 4.78 is 2.28. The van der Waals surface area contributed by atoms with E-state index >= 15 is 0 Å². The molecule has 1 aromatic rings. The van der Waals surface area contributed by atoms with Gasteiger partial charge < -0.3 is 9.88 Å². The minimum atomic E-state index is 0.619. The molecule has 1 aromatic heterocycles. The summed E-state index contributed by atoms with van der Waals surface area (Å²) in [5.41, 5.74) is 0. The Morgan fingerprint density at radius 2 is 2.18 bits per heavy atom. The van der Waals surface area contributed by atoms with Crippen LogP contribution in [0.1, 0.15) is 44.9 Å². The summed E-state index contributed by atoms with van der Waals surface area (Å²) in [5, 5.41) is 3.67. The van der Waals surface area contributed by atoms with Gasteiger partial charge in [0.2, 0.25) is 0 Å². The predicted molar refractivity (Wildman–Crippen MR) is 71.0 cm³/mol. The zero-order chi connectivity index (χ0) is 12.1. The fraction of sp³-hybridized carbons (Fsp3) is 0.786. The highest BCUT2D eigenvalue weighted by Gasteiger charge is 2.23. The predicted octanol–water partition coefficient (Wildman–Crippen LogP) is 2.75. The minimum Gasteiger partial charge on any atom is -0.334 e. The maximum Gasteiger partial charge on any atom is 0.105 e. The number of nitrogens with one attached hydrogen (secondary N) is 1. The van der Waals surface area contributed by atoms with E-state index in [4.69, 9.17) is 0 Å². The quantitative estimate of drug-likeness (QED) is 0.850. The molecule has 0 spiro atoms. The van der Waals surface area contributed by atoms with Crippen LogP contribution in [-0.2, 0) is 6.54 Å². The first-order chi connectivity index (χ1) is 8.31. The third-order valence-corrected chi connectivity index (χ3v) is 4.00. The molecule has 0 aromatic carbocycles. The van der Waals surface area contributed by atoms with E-state index in [-0.39, 0.29) is 0 Å². The van der Waals surface area contributed by atoms with Crippen molar-refractivity contribution in [2.75, 3.05) is 6.54 Å². The van der Waals surface area contributed by atoms with Crippen LogP contribution in [0.5, 0.6) is 0 Å². The van der Waals surface area contributed by atoms with E-state index in [1.54, 1.807) is 0 Å². The van der Waals surface area contributed by atoms with E-state index in [2.05, 4.69) is 34.9 Å². The number of aromatic nitrogens is 2. The molecular weight excluding hydrogens is 210 g/mol. The van der Waals surface area contributed by atoms with Crippen molar-refractivity contribution in [2.45, 2.75) is 58.5 Å². The fourth-order valence-corrected chi connectivity index (χ4v) is 2.99. The molecule has 17 heavy (non-hydrogen) atoms. The summed E-state index contributed by atoms with van der Waals surface area (Å²) in [4.78, 5) is 4.31. The Kier molecular flexibility index (Phi) is 4.60. The Balaban J connectivity index is 1.98. The summed E-state index contributed by atoms with van der Waals surface area (Å²) in [5.74, 6) is 1.98. The number of aryl methyl sites for hydroxylation is 1. The molecule has 0 saturated heterocycles. The number of imidazole rings is 1. The summed E-state index contributed by atoms with van der Waals surface area (Å²) >= 11 is 0. The lowest BCUT2D eigenvalue weighted by Crippen LogP contribution is -2.40. The van der Waals surface area contributed by atoms with Crippen LogP contribution in [0.15, 0.2) is 12.4 Å². The molecule has 0 aliphatic heterocycles.